The second-order valence-electron chi connectivity index (χ2n) is 8.17. The third-order valence-electron chi connectivity index (χ3n) is 5.92. The molecule has 0 aliphatic rings. The van der Waals surface area contributed by atoms with Gasteiger partial charge >= 0.3 is 0 Å². The number of azide groups is 1. The normalized spacial score (nSPS) is 11.0. The van der Waals surface area contributed by atoms with E-state index in [1.54, 1.807) is 0 Å². The van der Waals surface area contributed by atoms with Crippen molar-refractivity contribution in [3.8, 4) is 11.3 Å². The van der Waals surface area contributed by atoms with Crippen molar-refractivity contribution in [2.45, 2.75) is 38.6 Å². The predicted octanol–water partition coefficient (Wildman–Crippen LogP) is 6.37. The number of fused-ring (bicyclic) bond motifs is 3. The van der Waals surface area contributed by atoms with Gasteiger partial charge in [0, 0.05) is 46.3 Å². The first-order valence-electron chi connectivity index (χ1n) is 11.2. The maximum Gasteiger partial charge on any atom is 0.220 e. The number of pyridine rings is 1. The summed E-state index contributed by atoms with van der Waals surface area (Å²) in [5.74, 6) is 0. The lowest BCUT2D eigenvalue weighted by molar-refractivity contribution is -0.659. The lowest BCUT2D eigenvalue weighted by Gasteiger charge is -2.13. The van der Waals surface area contributed by atoms with Gasteiger partial charge in [-0.2, -0.15) is 4.57 Å². The zero-order valence-electron chi connectivity index (χ0n) is 18.2. The molecule has 0 unspecified atom stereocenters. The summed E-state index contributed by atoms with van der Waals surface area (Å²) < 4.78 is 2.41. The summed E-state index contributed by atoms with van der Waals surface area (Å²) in [6, 6.07) is 22.8. The fraction of sp³-hybridized carbons (Fsp3) is 0.269. The molecule has 162 valence electrons. The Bertz CT molecular complexity index is 1280. The number of rotatable bonds is 9. The Labute approximate surface area is 188 Å². The van der Waals surface area contributed by atoms with Crippen molar-refractivity contribution in [3.05, 3.63) is 77.2 Å². The summed E-state index contributed by atoms with van der Waals surface area (Å²) >= 11 is 0. The highest BCUT2D eigenvalue weighted by Crippen LogP contribution is 2.33. The number of hydrogen-bond donors (Lipinski definition) is 2. The molecule has 1 heterocycles. The fourth-order valence-corrected chi connectivity index (χ4v) is 4.43. The third kappa shape index (κ3) is 4.61. The van der Waals surface area contributed by atoms with E-state index >= 15 is 0 Å². The number of anilines is 2. The van der Waals surface area contributed by atoms with Crippen LogP contribution >= 0.6 is 0 Å². The molecular formula is C26H29N6+. The van der Waals surface area contributed by atoms with Gasteiger partial charge in [-0.15, -0.1) is 0 Å². The van der Waals surface area contributed by atoms with E-state index < -0.39 is 0 Å². The fourth-order valence-electron chi connectivity index (χ4n) is 4.43. The van der Waals surface area contributed by atoms with Crippen LogP contribution in [0, 0.1) is 0 Å². The number of benzene rings is 3. The van der Waals surface area contributed by atoms with Crippen LogP contribution in [0.25, 0.3) is 43.4 Å². The topological polar surface area (TPSA) is 105 Å². The molecule has 4 aromatic rings. The number of aryl methyl sites for hydroxylation is 1. The van der Waals surface area contributed by atoms with Crippen molar-refractivity contribution in [1.29, 1.82) is 0 Å². The van der Waals surface area contributed by atoms with E-state index in [-0.39, 0.29) is 0 Å². The second-order valence-corrected chi connectivity index (χ2v) is 8.17. The highest BCUT2D eigenvalue weighted by molar-refractivity contribution is 6.10. The maximum atomic E-state index is 8.39. The molecule has 0 saturated carbocycles. The van der Waals surface area contributed by atoms with Gasteiger partial charge in [0.1, 0.15) is 6.54 Å². The van der Waals surface area contributed by atoms with E-state index in [4.69, 9.17) is 17.0 Å². The van der Waals surface area contributed by atoms with Crippen LogP contribution < -0.4 is 16.0 Å². The van der Waals surface area contributed by atoms with Gasteiger partial charge in [-0.1, -0.05) is 42.2 Å². The molecule has 3 aromatic carbocycles. The first-order chi connectivity index (χ1) is 15.7. The van der Waals surface area contributed by atoms with E-state index in [1.807, 2.05) is 18.2 Å². The van der Waals surface area contributed by atoms with Gasteiger partial charge in [-0.05, 0) is 54.8 Å². The van der Waals surface area contributed by atoms with Crippen molar-refractivity contribution < 1.29 is 4.57 Å². The molecule has 0 aliphatic carbocycles. The molecule has 0 saturated heterocycles. The molecule has 4 rings (SSSR count). The molecule has 0 fully saturated rings. The molecule has 4 N–H and O–H groups in total. The van der Waals surface area contributed by atoms with Crippen molar-refractivity contribution in [1.82, 2.24) is 0 Å². The minimum atomic E-state index is 0.583. The van der Waals surface area contributed by atoms with Gasteiger partial charge in [0.05, 0.1) is 10.8 Å². The zero-order valence-corrected chi connectivity index (χ0v) is 18.2. The minimum Gasteiger partial charge on any atom is -0.399 e. The average Bonchev–Trinajstić information content (AvgIpc) is 2.81. The van der Waals surface area contributed by atoms with Crippen LogP contribution in [-0.2, 0) is 6.54 Å². The van der Waals surface area contributed by atoms with E-state index in [1.165, 1.54) is 22.0 Å². The van der Waals surface area contributed by atoms with Gasteiger partial charge in [0.2, 0.25) is 11.2 Å². The number of nitrogens with two attached hydrogens (primary N) is 2. The van der Waals surface area contributed by atoms with Gasteiger partial charge in [0.15, 0.2) is 0 Å². The molecule has 0 radical (unpaired) electrons. The lowest BCUT2D eigenvalue weighted by Crippen LogP contribution is -2.37. The summed E-state index contributed by atoms with van der Waals surface area (Å²) in [7, 11) is 0. The highest BCUT2D eigenvalue weighted by atomic mass is 15.1. The Balaban J connectivity index is 1.76. The van der Waals surface area contributed by atoms with Crippen molar-refractivity contribution in [2.24, 2.45) is 5.11 Å². The van der Waals surface area contributed by atoms with Gasteiger partial charge in [-0.3, -0.25) is 0 Å². The first kappa shape index (κ1) is 21.5. The number of nitrogen functional groups attached to an aromatic ring is 2. The molecule has 32 heavy (non-hydrogen) atoms. The summed E-state index contributed by atoms with van der Waals surface area (Å²) in [5.41, 5.74) is 25.8. The molecule has 0 bridgehead atoms. The van der Waals surface area contributed by atoms with Crippen LogP contribution in [0.5, 0.6) is 0 Å². The number of unbranched alkanes of at least 4 members (excludes halogenated alkanes) is 4. The van der Waals surface area contributed by atoms with Crippen molar-refractivity contribution in [2.75, 3.05) is 18.0 Å². The Hall–Kier alpha value is -3.76. The SMILES string of the molecule is [N-]=[N+]=NCCCCCCC[n+]1c(-c2ccccc2)c2cc(N)ccc2c2ccc(N)cc21. The summed E-state index contributed by atoms with van der Waals surface area (Å²) in [4.78, 5) is 2.82. The Morgan fingerprint density at radius 2 is 1.44 bits per heavy atom. The number of aromatic nitrogens is 1. The molecule has 6 heteroatoms. The Morgan fingerprint density at radius 3 is 2.22 bits per heavy atom. The van der Waals surface area contributed by atoms with Gasteiger partial charge < -0.3 is 11.5 Å². The van der Waals surface area contributed by atoms with Crippen LogP contribution in [0.1, 0.15) is 32.1 Å². The van der Waals surface area contributed by atoms with Crippen molar-refractivity contribution in [3.63, 3.8) is 0 Å². The number of hydrogen-bond acceptors (Lipinski definition) is 3. The van der Waals surface area contributed by atoms with Crippen molar-refractivity contribution >= 4 is 33.1 Å². The van der Waals surface area contributed by atoms with E-state index in [9.17, 15) is 0 Å². The smallest absolute Gasteiger partial charge is 0.220 e. The molecule has 6 nitrogen and oxygen atoms in total. The van der Waals surface area contributed by atoms with Gasteiger partial charge in [0.25, 0.3) is 0 Å². The maximum absolute atomic E-state index is 8.39. The molecule has 0 atom stereocenters. The quantitative estimate of drug-likeness (QED) is 0.0618. The van der Waals surface area contributed by atoms with E-state index in [0.29, 0.717) is 6.54 Å². The summed E-state index contributed by atoms with van der Waals surface area (Å²) in [6.45, 7) is 1.48. The van der Waals surface area contributed by atoms with Crippen LogP contribution in [0.3, 0.4) is 0 Å². The molecule has 0 amide bonds. The standard InChI is InChI=1S/C26H28N6/c27-20-11-13-22-23-14-12-21(28)18-25(23)32(16-8-3-1-2-7-15-30-31-29)26(24(22)17-20)19-9-5-4-6-10-19/h4-6,9-14,17-18,28H,1-3,7-8,15-16,27H2/p+1. The van der Waals surface area contributed by atoms with Crippen LogP contribution in [0.15, 0.2) is 71.8 Å². The molecule has 0 spiro atoms. The average molecular weight is 426 g/mol. The van der Waals surface area contributed by atoms with Crippen LogP contribution in [0.4, 0.5) is 11.4 Å². The van der Waals surface area contributed by atoms with Crippen LogP contribution in [-0.4, -0.2) is 6.54 Å². The Kier molecular flexibility index (Phi) is 6.73. The summed E-state index contributed by atoms with van der Waals surface area (Å²) in [6.07, 6.45) is 5.33. The Morgan fingerprint density at radius 1 is 0.750 bits per heavy atom. The highest BCUT2D eigenvalue weighted by Gasteiger charge is 2.23. The molecule has 1 aromatic heterocycles. The third-order valence-corrected chi connectivity index (χ3v) is 5.92. The molecular weight excluding hydrogens is 396 g/mol. The predicted molar refractivity (Wildman–Crippen MR) is 133 cm³/mol. The zero-order chi connectivity index (χ0) is 22.3. The summed E-state index contributed by atoms with van der Waals surface area (Å²) in [5, 5.41) is 7.14. The molecule has 0 aliphatic heterocycles. The first-order valence-corrected chi connectivity index (χ1v) is 11.2. The lowest BCUT2D eigenvalue weighted by atomic mass is 9.98. The van der Waals surface area contributed by atoms with E-state index in [2.05, 4.69) is 63.1 Å². The van der Waals surface area contributed by atoms with E-state index in [0.717, 1.165) is 60.9 Å². The monoisotopic (exact) mass is 425 g/mol. The minimum absolute atomic E-state index is 0.583. The van der Waals surface area contributed by atoms with Crippen LogP contribution in [0.2, 0.25) is 0 Å². The number of nitrogens with zero attached hydrogens (tertiary/aromatic N) is 4. The second kappa shape index (κ2) is 10.0. The van der Waals surface area contributed by atoms with Gasteiger partial charge in [-0.25, -0.2) is 0 Å². The largest absolute Gasteiger partial charge is 0.399 e.